The summed E-state index contributed by atoms with van der Waals surface area (Å²) in [4.78, 5) is 12.7. The highest BCUT2D eigenvalue weighted by Gasteiger charge is 2.22. The van der Waals surface area contributed by atoms with Crippen LogP contribution >= 0.6 is 51.2 Å². The number of nitrogens with one attached hydrogen (secondary N) is 2. The van der Waals surface area contributed by atoms with E-state index in [2.05, 4.69) is 79.6 Å². The monoisotopic (exact) mass is 563 g/mol. The third-order valence-corrected chi connectivity index (χ3v) is 5.79. The maximum Gasteiger partial charge on any atom is 0.191 e. The Morgan fingerprint density at radius 1 is 1.41 bits per heavy atom. The van der Waals surface area contributed by atoms with Crippen LogP contribution in [0.15, 0.2) is 39.9 Å². The molecule has 2 heterocycles. The molecule has 2 N–H and O–H groups in total. The average Bonchev–Trinajstić information content (AvgIpc) is 3.26. The summed E-state index contributed by atoms with van der Waals surface area (Å²) in [5.74, 6) is 1.50. The fourth-order valence-corrected chi connectivity index (χ4v) is 4.21. The molecule has 5 nitrogen and oxygen atoms in total. The molecule has 2 aromatic rings. The Morgan fingerprint density at radius 3 is 2.96 bits per heavy atom. The number of aromatic nitrogens is 1. The number of anilines is 1. The van der Waals surface area contributed by atoms with Crippen molar-refractivity contribution in [2.24, 2.45) is 10.9 Å². The Bertz CT molecular complexity index is 751. The fraction of sp³-hybridized carbons (Fsp3) is 0.474. The van der Waals surface area contributed by atoms with Gasteiger partial charge in [0.1, 0.15) is 5.01 Å². The van der Waals surface area contributed by atoms with Crippen molar-refractivity contribution in [2.45, 2.75) is 26.8 Å². The van der Waals surface area contributed by atoms with Crippen LogP contribution in [0.4, 0.5) is 5.69 Å². The third kappa shape index (κ3) is 6.90. The van der Waals surface area contributed by atoms with E-state index < -0.39 is 0 Å². The van der Waals surface area contributed by atoms with Crippen LogP contribution in [0.1, 0.15) is 23.2 Å². The molecule has 3 rings (SSSR count). The minimum Gasteiger partial charge on any atom is -0.371 e. The number of rotatable bonds is 6. The quantitative estimate of drug-likeness (QED) is 0.310. The second kappa shape index (κ2) is 11.2. The predicted molar refractivity (Wildman–Crippen MR) is 130 cm³/mol. The normalized spacial score (nSPS) is 16.9. The van der Waals surface area contributed by atoms with E-state index in [4.69, 9.17) is 0 Å². The van der Waals surface area contributed by atoms with Gasteiger partial charge in [0.25, 0.3) is 0 Å². The highest BCUT2D eigenvalue weighted by molar-refractivity contribution is 14.0. The number of hydrogen-bond donors (Lipinski definition) is 2. The molecule has 148 valence electrons. The van der Waals surface area contributed by atoms with Crippen molar-refractivity contribution in [3.05, 3.63) is 44.8 Å². The third-order valence-electron chi connectivity index (χ3n) is 4.40. The lowest BCUT2D eigenvalue weighted by molar-refractivity contribution is 0.566. The van der Waals surface area contributed by atoms with Crippen LogP contribution in [0.3, 0.4) is 0 Å². The lowest BCUT2D eigenvalue weighted by atomic mass is 10.1. The number of thiazole rings is 1. The van der Waals surface area contributed by atoms with Crippen molar-refractivity contribution in [1.29, 1.82) is 0 Å². The second-order valence-electron chi connectivity index (χ2n) is 6.52. The number of nitrogens with zero attached hydrogens (tertiary/aromatic N) is 3. The van der Waals surface area contributed by atoms with Crippen LogP contribution in [0.5, 0.6) is 0 Å². The van der Waals surface area contributed by atoms with Crippen LogP contribution in [-0.4, -0.2) is 37.1 Å². The topological polar surface area (TPSA) is 52.6 Å². The van der Waals surface area contributed by atoms with Gasteiger partial charge in [-0.25, -0.2) is 9.98 Å². The van der Waals surface area contributed by atoms with E-state index in [1.165, 1.54) is 17.0 Å². The molecule has 1 unspecified atom stereocenters. The van der Waals surface area contributed by atoms with E-state index in [-0.39, 0.29) is 24.0 Å². The molecular weight excluding hydrogens is 537 g/mol. The Kier molecular flexibility index (Phi) is 9.31. The first kappa shape index (κ1) is 22.4. The van der Waals surface area contributed by atoms with Gasteiger partial charge in [0, 0.05) is 47.4 Å². The highest BCUT2D eigenvalue weighted by atomic mass is 127. The molecule has 0 radical (unpaired) electrons. The summed E-state index contributed by atoms with van der Waals surface area (Å²) in [5.41, 5.74) is 1.29. The maximum atomic E-state index is 4.67. The van der Waals surface area contributed by atoms with Gasteiger partial charge < -0.3 is 15.5 Å². The van der Waals surface area contributed by atoms with Gasteiger partial charge in [-0.2, -0.15) is 0 Å². The molecule has 0 amide bonds. The van der Waals surface area contributed by atoms with E-state index in [1.54, 1.807) is 11.3 Å². The largest absolute Gasteiger partial charge is 0.371 e. The number of aliphatic imine (C=N–C) groups is 1. The van der Waals surface area contributed by atoms with Crippen molar-refractivity contribution < 1.29 is 0 Å². The van der Waals surface area contributed by atoms with Crippen molar-refractivity contribution in [1.82, 2.24) is 15.6 Å². The van der Waals surface area contributed by atoms with E-state index in [0.717, 1.165) is 41.6 Å². The first-order valence-corrected chi connectivity index (χ1v) is 10.7. The van der Waals surface area contributed by atoms with Gasteiger partial charge in [0.2, 0.25) is 0 Å². The molecule has 1 aliphatic heterocycles. The molecule has 0 bridgehead atoms. The van der Waals surface area contributed by atoms with E-state index >= 15 is 0 Å². The van der Waals surface area contributed by atoms with Crippen molar-refractivity contribution >= 4 is 62.9 Å². The zero-order chi connectivity index (χ0) is 18.4. The molecule has 27 heavy (non-hydrogen) atoms. The summed E-state index contributed by atoms with van der Waals surface area (Å²) in [7, 11) is 0. The average molecular weight is 564 g/mol. The van der Waals surface area contributed by atoms with Crippen LogP contribution in [-0.2, 0) is 6.54 Å². The molecule has 1 atom stereocenters. The summed E-state index contributed by atoms with van der Waals surface area (Å²) in [6.45, 7) is 8.78. The maximum absolute atomic E-state index is 4.67. The van der Waals surface area contributed by atoms with Gasteiger partial charge in [-0.15, -0.1) is 35.3 Å². The first-order chi connectivity index (χ1) is 12.6. The molecule has 1 aliphatic rings. The minimum atomic E-state index is 0. The second-order valence-corrected chi connectivity index (χ2v) is 8.76. The predicted octanol–water partition coefficient (Wildman–Crippen LogP) is 4.41. The van der Waals surface area contributed by atoms with E-state index in [9.17, 15) is 0 Å². The van der Waals surface area contributed by atoms with E-state index in [0.29, 0.717) is 12.5 Å². The molecule has 0 saturated carbocycles. The van der Waals surface area contributed by atoms with Crippen molar-refractivity contribution in [3.63, 3.8) is 0 Å². The number of hydrogen-bond acceptors (Lipinski definition) is 4. The summed E-state index contributed by atoms with van der Waals surface area (Å²) in [6.07, 6.45) is 3.11. The zero-order valence-electron chi connectivity index (χ0n) is 15.7. The van der Waals surface area contributed by atoms with Gasteiger partial charge in [-0.1, -0.05) is 22.0 Å². The molecular formula is C19H27BrIN5S. The molecule has 1 fully saturated rings. The highest BCUT2D eigenvalue weighted by Crippen LogP contribution is 2.25. The first-order valence-electron chi connectivity index (χ1n) is 9.08. The number of aryl methyl sites for hydroxylation is 1. The molecule has 1 aromatic carbocycles. The standard InChI is InChI=1S/C19H26BrN5S.HI/c1-3-21-19(24-12-18-22-10-14(2)26-18)23-11-15-7-8-25(13-15)17-6-4-5-16(20)9-17;/h4-6,9-10,15H,3,7-8,11-13H2,1-2H3,(H2,21,23,24);1H. The lowest BCUT2D eigenvalue weighted by Crippen LogP contribution is -2.40. The Labute approximate surface area is 191 Å². The Hall–Kier alpha value is -0.870. The fourth-order valence-electron chi connectivity index (χ4n) is 3.11. The van der Waals surface area contributed by atoms with Gasteiger partial charge in [0.05, 0.1) is 6.54 Å². The summed E-state index contributed by atoms with van der Waals surface area (Å²) in [6, 6.07) is 8.54. The summed E-state index contributed by atoms with van der Waals surface area (Å²) in [5, 5.41) is 7.89. The van der Waals surface area contributed by atoms with Gasteiger partial charge in [-0.05, 0) is 44.4 Å². The molecule has 1 aromatic heterocycles. The van der Waals surface area contributed by atoms with Crippen LogP contribution < -0.4 is 15.5 Å². The van der Waals surface area contributed by atoms with Gasteiger partial charge in [0.15, 0.2) is 5.96 Å². The Morgan fingerprint density at radius 2 is 2.26 bits per heavy atom. The molecule has 0 spiro atoms. The van der Waals surface area contributed by atoms with Gasteiger partial charge >= 0.3 is 0 Å². The molecule has 1 saturated heterocycles. The van der Waals surface area contributed by atoms with Crippen molar-refractivity contribution in [2.75, 3.05) is 31.1 Å². The van der Waals surface area contributed by atoms with Crippen LogP contribution in [0.2, 0.25) is 0 Å². The smallest absolute Gasteiger partial charge is 0.191 e. The molecule has 8 heteroatoms. The SMILES string of the molecule is CCNC(=NCc1ncc(C)s1)NCC1CCN(c2cccc(Br)c2)C1.I. The van der Waals surface area contributed by atoms with E-state index in [1.807, 2.05) is 6.20 Å². The Balaban J connectivity index is 0.00000261. The summed E-state index contributed by atoms with van der Waals surface area (Å²) < 4.78 is 1.13. The molecule has 0 aliphatic carbocycles. The number of guanidine groups is 1. The van der Waals surface area contributed by atoms with Crippen LogP contribution in [0, 0.1) is 12.8 Å². The number of halogens is 2. The number of benzene rings is 1. The summed E-state index contributed by atoms with van der Waals surface area (Å²) >= 11 is 5.27. The lowest BCUT2D eigenvalue weighted by Gasteiger charge is -2.19. The van der Waals surface area contributed by atoms with Crippen LogP contribution in [0.25, 0.3) is 0 Å². The minimum absolute atomic E-state index is 0. The van der Waals surface area contributed by atoms with Gasteiger partial charge in [-0.3, -0.25) is 0 Å². The van der Waals surface area contributed by atoms with Crippen molar-refractivity contribution in [3.8, 4) is 0 Å². The zero-order valence-corrected chi connectivity index (χ0v) is 20.5.